The molecule has 0 saturated heterocycles. The van der Waals surface area contributed by atoms with Gasteiger partial charge in [0, 0.05) is 5.56 Å². The fourth-order valence-corrected chi connectivity index (χ4v) is 1.90. The zero-order valence-electron chi connectivity index (χ0n) is 9.61. The third-order valence-electron chi connectivity index (χ3n) is 2.68. The molecule has 86 valence electrons. The van der Waals surface area contributed by atoms with Crippen molar-refractivity contribution < 1.29 is 4.79 Å². The molecule has 0 aliphatic carbocycles. The van der Waals surface area contributed by atoms with E-state index >= 15 is 0 Å². The molecule has 0 N–H and O–H groups in total. The summed E-state index contributed by atoms with van der Waals surface area (Å²) in [6.45, 7) is 2.06. The molecule has 17 heavy (non-hydrogen) atoms. The molecule has 0 unspecified atom stereocenters. The molecule has 2 rings (SSSR count). The SMILES string of the molecule is Cc1cccc(-c2ccc(C(=O)CCl)cc2)c1. The molecule has 0 saturated carbocycles. The molecule has 0 radical (unpaired) electrons. The lowest BCUT2D eigenvalue weighted by Crippen LogP contribution is -1.99. The van der Waals surface area contributed by atoms with Gasteiger partial charge in [-0.15, -0.1) is 11.6 Å². The molecule has 0 aromatic heterocycles. The highest BCUT2D eigenvalue weighted by Crippen LogP contribution is 2.20. The number of carbonyl (C=O) groups excluding carboxylic acids is 1. The number of ketones is 1. The number of alkyl halides is 1. The fraction of sp³-hybridized carbons (Fsp3) is 0.133. The predicted molar refractivity (Wildman–Crippen MR) is 71.7 cm³/mol. The van der Waals surface area contributed by atoms with Gasteiger partial charge in [-0.1, -0.05) is 54.1 Å². The Morgan fingerprint density at radius 1 is 1.06 bits per heavy atom. The standard InChI is InChI=1S/C15H13ClO/c1-11-3-2-4-14(9-11)12-5-7-13(8-6-12)15(17)10-16/h2-9H,10H2,1H3. The maximum Gasteiger partial charge on any atom is 0.177 e. The molecule has 2 heteroatoms. The summed E-state index contributed by atoms with van der Waals surface area (Å²) in [5.41, 5.74) is 4.16. The van der Waals surface area contributed by atoms with Crippen LogP contribution in [0.3, 0.4) is 0 Å². The molecular weight excluding hydrogens is 232 g/mol. The zero-order chi connectivity index (χ0) is 12.3. The lowest BCUT2D eigenvalue weighted by Gasteiger charge is -2.04. The summed E-state index contributed by atoms with van der Waals surface area (Å²) in [6, 6.07) is 15.8. The quantitative estimate of drug-likeness (QED) is 0.587. The van der Waals surface area contributed by atoms with Crippen LogP contribution in [-0.4, -0.2) is 11.7 Å². The first kappa shape index (κ1) is 11.9. The van der Waals surface area contributed by atoms with Gasteiger partial charge in [0.15, 0.2) is 5.78 Å². The van der Waals surface area contributed by atoms with Crippen LogP contribution in [0, 0.1) is 6.92 Å². The second-order valence-electron chi connectivity index (χ2n) is 4.00. The summed E-state index contributed by atoms with van der Waals surface area (Å²) in [7, 11) is 0. The van der Waals surface area contributed by atoms with E-state index in [0.717, 1.165) is 11.1 Å². The molecule has 1 nitrogen and oxygen atoms in total. The largest absolute Gasteiger partial charge is 0.293 e. The van der Waals surface area contributed by atoms with Crippen molar-refractivity contribution in [1.29, 1.82) is 0 Å². The van der Waals surface area contributed by atoms with E-state index in [1.165, 1.54) is 5.56 Å². The highest BCUT2D eigenvalue weighted by atomic mass is 35.5. The summed E-state index contributed by atoms with van der Waals surface area (Å²) in [4.78, 5) is 11.4. The Balaban J connectivity index is 2.32. The topological polar surface area (TPSA) is 17.1 Å². The molecule has 0 atom stereocenters. The fourth-order valence-electron chi connectivity index (χ4n) is 1.75. The summed E-state index contributed by atoms with van der Waals surface area (Å²) in [5, 5.41) is 0. The molecule has 0 heterocycles. The molecule has 0 bridgehead atoms. The van der Waals surface area contributed by atoms with Crippen LogP contribution in [0.15, 0.2) is 48.5 Å². The first-order valence-electron chi connectivity index (χ1n) is 5.47. The number of halogens is 1. The van der Waals surface area contributed by atoms with Crippen LogP contribution in [0.4, 0.5) is 0 Å². The maximum absolute atomic E-state index is 11.4. The third kappa shape index (κ3) is 2.75. The maximum atomic E-state index is 11.4. The second-order valence-corrected chi connectivity index (χ2v) is 4.27. The molecule has 0 fully saturated rings. The van der Waals surface area contributed by atoms with Gasteiger partial charge in [0.25, 0.3) is 0 Å². The van der Waals surface area contributed by atoms with Crippen LogP contribution >= 0.6 is 11.6 Å². The van der Waals surface area contributed by atoms with Crippen LogP contribution in [0.25, 0.3) is 11.1 Å². The Bertz CT molecular complexity index is 529. The Morgan fingerprint density at radius 2 is 1.76 bits per heavy atom. The van der Waals surface area contributed by atoms with Crippen LogP contribution in [0.1, 0.15) is 15.9 Å². The first-order chi connectivity index (χ1) is 8.20. The Labute approximate surface area is 106 Å². The second kappa shape index (κ2) is 5.15. The van der Waals surface area contributed by atoms with Crippen molar-refractivity contribution in [1.82, 2.24) is 0 Å². The smallest absolute Gasteiger partial charge is 0.177 e. The monoisotopic (exact) mass is 244 g/mol. The minimum atomic E-state index is -0.0394. The van der Waals surface area contributed by atoms with Crippen molar-refractivity contribution in [3.05, 3.63) is 59.7 Å². The summed E-state index contributed by atoms with van der Waals surface area (Å²) in [5.74, 6) is -0.00785. The van der Waals surface area contributed by atoms with Crippen LogP contribution < -0.4 is 0 Å². The number of hydrogen-bond acceptors (Lipinski definition) is 1. The van der Waals surface area contributed by atoms with Gasteiger partial charge in [-0.3, -0.25) is 4.79 Å². The van der Waals surface area contributed by atoms with Crippen molar-refractivity contribution in [3.8, 4) is 11.1 Å². The molecule has 0 aliphatic rings. The van der Waals surface area contributed by atoms with Crippen molar-refractivity contribution in [3.63, 3.8) is 0 Å². The number of benzene rings is 2. The van der Waals surface area contributed by atoms with E-state index in [1.807, 2.05) is 30.3 Å². The molecule has 2 aromatic rings. The Kier molecular flexibility index (Phi) is 3.60. The number of rotatable bonds is 3. The van der Waals surface area contributed by atoms with Gasteiger partial charge >= 0.3 is 0 Å². The zero-order valence-corrected chi connectivity index (χ0v) is 10.4. The van der Waals surface area contributed by atoms with E-state index in [9.17, 15) is 4.79 Å². The first-order valence-corrected chi connectivity index (χ1v) is 6.00. The van der Waals surface area contributed by atoms with E-state index in [4.69, 9.17) is 11.6 Å². The van der Waals surface area contributed by atoms with Crippen molar-refractivity contribution in [2.75, 3.05) is 5.88 Å². The molecule has 0 aliphatic heterocycles. The Morgan fingerprint density at radius 3 is 2.35 bits per heavy atom. The summed E-state index contributed by atoms with van der Waals surface area (Å²) in [6.07, 6.45) is 0. The minimum absolute atomic E-state index is 0.0315. The molecule has 0 amide bonds. The summed E-state index contributed by atoms with van der Waals surface area (Å²) >= 11 is 5.51. The average Bonchev–Trinajstić information content (AvgIpc) is 2.38. The third-order valence-corrected chi connectivity index (χ3v) is 2.92. The van der Waals surface area contributed by atoms with Crippen LogP contribution in [-0.2, 0) is 0 Å². The van der Waals surface area contributed by atoms with E-state index < -0.39 is 0 Å². The highest BCUT2D eigenvalue weighted by molar-refractivity contribution is 6.30. The van der Waals surface area contributed by atoms with E-state index in [1.54, 1.807) is 0 Å². The van der Waals surface area contributed by atoms with E-state index in [0.29, 0.717) is 5.56 Å². The van der Waals surface area contributed by atoms with Crippen LogP contribution in [0.2, 0.25) is 0 Å². The molecule has 0 spiro atoms. The minimum Gasteiger partial charge on any atom is -0.293 e. The van der Waals surface area contributed by atoms with Crippen molar-refractivity contribution >= 4 is 17.4 Å². The molecule has 2 aromatic carbocycles. The van der Waals surface area contributed by atoms with E-state index in [-0.39, 0.29) is 11.7 Å². The van der Waals surface area contributed by atoms with Gasteiger partial charge in [0.1, 0.15) is 0 Å². The van der Waals surface area contributed by atoms with Gasteiger partial charge in [0.2, 0.25) is 0 Å². The number of Topliss-reactive ketones (excluding diaryl/α,β-unsaturated/α-hetero) is 1. The summed E-state index contributed by atoms with van der Waals surface area (Å²) < 4.78 is 0. The number of aryl methyl sites for hydroxylation is 1. The van der Waals surface area contributed by atoms with Gasteiger partial charge in [-0.25, -0.2) is 0 Å². The van der Waals surface area contributed by atoms with Gasteiger partial charge < -0.3 is 0 Å². The lowest BCUT2D eigenvalue weighted by atomic mass is 10.0. The lowest BCUT2D eigenvalue weighted by molar-refractivity contribution is 0.102. The predicted octanol–water partition coefficient (Wildman–Crippen LogP) is 4.08. The highest BCUT2D eigenvalue weighted by Gasteiger charge is 2.04. The van der Waals surface area contributed by atoms with Gasteiger partial charge in [0.05, 0.1) is 5.88 Å². The van der Waals surface area contributed by atoms with Crippen molar-refractivity contribution in [2.45, 2.75) is 6.92 Å². The number of hydrogen-bond donors (Lipinski definition) is 0. The molecular formula is C15H13ClO. The Hall–Kier alpha value is -1.60. The normalized spacial score (nSPS) is 10.2. The number of carbonyl (C=O) groups is 1. The van der Waals surface area contributed by atoms with Crippen molar-refractivity contribution in [2.24, 2.45) is 0 Å². The average molecular weight is 245 g/mol. The van der Waals surface area contributed by atoms with Crippen LogP contribution in [0.5, 0.6) is 0 Å². The van der Waals surface area contributed by atoms with E-state index in [2.05, 4.69) is 25.1 Å². The van der Waals surface area contributed by atoms with Gasteiger partial charge in [-0.2, -0.15) is 0 Å². The van der Waals surface area contributed by atoms with Gasteiger partial charge in [-0.05, 0) is 18.1 Å².